The molecule has 0 unspecified atom stereocenters. The van der Waals surface area contributed by atoms with E-state index in [9.17, 15) is 4.79 Å². The Morgan fingerprint density at radius 1 is 1.64 bits per heavy atom. The van der Waals surface area contributed by atoms with Crippen LogP contribution in [0.25, 0.3) is 0 Å². The van der Waals surface area contributed by atoms with Crippen molar-refractivity contribution in [1.29, 1.82) is 0 Å². The summed E-state index contributed by atoms with van der Waals surface area (Å²) in [5.74, 6) is 0.743. The van der Waals surface area contributed by atoms with Gasteiger partial charge in [-0.15, -0.1) is 0 Å². The highest BCUT2D eigenvalue weighted by atomic mass is 16.5. The second kappa shape index (κ2) is 5.00. The quantitative estimate of drug-likeness (QED) is 0.414. The highest BCUT2D eigenvalue weighted by Crippen LogP contribution is 2.23. The average molecular weight is 189 g/mol. The predicted molar refractivity (Wildman–Crippen MR) is 54.7 cm³/mol. The van der Waals surface area contributed by atoms with Crippen LogP contribution < -0.4 is 4.74 Å². The van der Waals surface area contributed by atoms with E-state index < -0.39 is 0 Å². The first kappa shape index (κ1) is 10.2. The SMILES string of the molecule is C=CCOc1ccc(N=C=O)c(C)c1. The van der Waals surface area contributed by atoms with E-state index in [1.807, 2.05) is 13.0 Å². The summed E-state index contributed by atoms with van der Waals surface area (Å²) >= 11 is 0. The zero-order valence-corrected chi connectivity index (χ0v) is 7.99. The fraction of sp³-hybridized carbons (Fsp3) is 0.182. The summed E-state index contributed by atoms with van der Waals surface area (Å²) in [6.07, 6.45) is 3.18. The molecule has 1 aromatic carbocycles. The van der Waals surface area contributed by atoms with E-state index in [0.717, 1.165) is 11.3 Å². The molecule has 3 nitrogen and oxygen atoms in total. The molecule has 0 aliphatic carbocycles. The molecule has 0 saturated carbocycles. The lowest BCUT2D eigenvalue weighted by molar-refractivity contribution is 0.363. The third-order valence-electron chi connectivity index (χ3n) is 1.70. The fourth-order valence-corrected chi connectivity index (χ4v) is 1.05. The maximum atomic E-state index is 10.0. The number of ether oxygens (including phenoxy) is 1. The normalized spacial score (nSPS) is 8.93. The van der Waals surface area contributed by atoms with Gasteiger partial charge in [-0.2, -0.15) is 4.99 Å². The maximum Gasteiger partial charge on any atom is 0.240 e. The van der Waals surface area contributed by atoms with Crippen LogP contribution in [-0.4, -0.2) is 12.7 Å². The zero-order valence-electron chi connectivity index (χ0n) is 7.99. The summed E-state index contributed by atoms with van der Waals surface area (Å²) in [5, 5.41) is 0. The molecule has 0 spiro atoms. The summed E-state index contributed by atoms with van der Waals surface area (Å²) in [5.41, 5.74) is 1.50. The Bertz CT molecular complexity index is 379. The van der Waals surface area contributed by atoms with Crippen LogP contribution in [0.15, 0.2) is 35.8 Å². The van der Waals surface area contributed by atoms with Gasteiger partial charge in [0.15, 0.2) is 0 Å². The Balaban J connectivity index is 2.88. The van der Waals surface area contributed by atoms with Crippen molar-refractivity contribution in [2.45, 2.75) is 6.92 Å². The van der Waals surface area contributed by atoms with Gasteiger partial charge in [-0.05, 0) is 30.7 Å². The third-order valence-corrected chi connectivity index (χ3v) is 1.70. The molecule has 14 heavy (non-hydrogen) atoms. The van der Waals surface area contributed by atoms with Gasteiger partial charge in [0, 0.05) is 0 Å². The number of benzene rings is 1. The molecule has 0 heterocycles. The van der Waals surface area contributed by atoms with Crippen LogP contribution in [0.4, 0.5) is 5.69 Å². The number of aliphatic imine (C=N–C) groups is 1. The minimum Gasteiger partial charge on any atom is -0.490 e. The first-order valence-electron chi connectivity index (χ1n) is 4.20. The van der Waals surface area contributed by atoms with Crippen molar-refractivity contribution in [3.05, 3.63) is 36.4 Å². The smallest absolute Gasteiger partial charge is 0.240 e. The zero-order chi connectivity index (χ0) is 10.4. The highest BCUT2D eigenvalue weighted by molar-refractivity contribution is 5.55. The van der Waals surface area contributed by atoms with Crippen molar-refractivity contribution in [3.8, 4) is 5.75 Å². The maximum absolute atomic E-state index is 10.0. The molecule has 72 valence electrons. The number of hydrogen-bond donors (Lipinski definition) is 0. The Morgan fingerprint density at radius 2 is 2.43 bits per heavy atom. The second-order valence-corrected chi connectivity index (χ2v) is 2.75. The standard InChI is InChI=1S/C11H11NO2/c1-3-6-14-10-4-5-11(12-8-13)9(2)7-10/h3-5,7H,1,6H2,2H3. The molecule has 0 bridgehead atoms. The molecule has 1 aromatic rings. The molecule has 0 fully saturated rings. The molecule has 1 rings (SSSR count). The van der Waals surface area contributed by atoms with Crippen LogP contribution in [0.2, 0.25) is 0 Å². The molecule has 0 atom stereocenters. The van der Waals surface area contributed by atoms with Crippen molar-refractivity contribution in [2.24, 2.45) is 4.99 Å². The lowest BCUT2D eigenvalue weighted by Crippen LogP contribution is -1.92. The van der Waals surface area contributed by atoms with Gasteiger partial charge in [-0.1, -0.05) is 12.7 Å². The monoisotopic (exact) mass is 189 g/mol. The molecule has 0 amide bonds. The average Bonchev–Trinajstić information content (AvgIpc) is 2.19. The number of isocyanates is 1. The second-order valence-electron chi connectivity index (χ2n) is 2.75. The van der Waals surface area contributed by atoms with Crippen molar-refractivity contribution >= 4 is 11.8 Å². The molecule has 0 aliphatic heterocycles. The Kier molecular flexibility index (Phi) is 3.65. The first-order chi connectivity index (χ1) is 6.77. The van der Waals surface area contributed by atoms with Crippen LogP contribution in [0, 0.1) is 6.92 Å². The van der Waals surface area contributed by atoms with Crippen LogP contribution >= 0.6 is 0 Å². The van der Waals surface area contributed by atoms with E-state index in [-0.39, 0.29) is 0 Å². The summed E-state index contributed by atoms with van der Waals surface area (Å²) in [6, 6.07) is 5.30. The number of hydrogen-bond acceptors (Lipinski definition) is 3. The molecule has 0 N–H and O–H groups in total. The van der Waals surface area contributed by atoms with E-state index in [2.05, 4.69) is 11.6 Å². The molecule has 0 saturated heterocycles. The third kappa shape index (κ3) is 2.57. The number of carbonyl (C=O) groups excluding carboxylic acids is 1. The molecule has 0 aliphatic rings. The predicted octanol–water partition coefficient (Wildman–Crippen LogP) is 2.53. The van der Waals surface area contributed by atoms with Gasteiger partial charge >= 0.3 is 0 Å². The van der Waals surface area contributed by atoms with Gasteiger partial charge in [0.05, 0.1) is 5.69 Å². The van der Waals surface area contributed by atoms with E-state index in [0.29, 0.717) is 12.3 Å². The van der Waals surface area contributed by atoms with Gasteiger partial charge in [0.2, 0.25) is 6.08 Å². The van der Waals surface area contributed by atoms with Gasteiger partial charge in [0.1, 0.15) is 12.4 Å². The van der Waals surface area contributed by atoms with Crippen LogP contribution in [-0.2, 0) is 4.79 Å². The van der Waals surface area contributed by atoms with Gasteiger partial charge in [0.25, 0.3) is 0 Å². The molecule has 3 heteroatoms. The summed E-state index contributed by atoms with van der Waals surface area (Å²) in [6.45, 7) is 5.88. The first-order valence-corrected chi connectivity index (χ1v) is 4.20. The van der Waals surface area contributed by atoms with Gasteiger partial charge < -0.3 is 4.74 Å². The minimum atomic E-state index is 0.468. The Morgan fingerprint density at radius 3 is 3.00 bits per heavy atom. The van der Waals surface area contributed by atoms with Crippen LogP contribution in [0.3, 0.4) is 0 Å². The van der Waals surface area contributed by atoms with Crippen LogP contribution in [0.1, 0.15) is 5.56 Å². The largest absolute Gasteiger partial charge is 0.490 e. The van der Waals surface area contributed by atoms with Crippen molar-refractivity contribution in [2.75, 3.05) is 6.61 Å². The minimum absolute atomic E-state index is 0.468. The van der Waals surface area contributed by atoms with E-state index >= 15 is 0 Å². The number of nitrogens with zero attached hydrogens (tertiary/aromatic N) is 1. The van der Waals surface area contributed by atoms with E-state index in [1.165, 1.54) is 6.08 Å². The van der Waals surface area contributed by atoms with Crippen molar-refractivity contribution in [3.63, 3.8) is 0 Å². The molecule has 0 radical (unpaired) electrons. The van der Waals surface area contributed by atoms with E-state index in [1.54, 1.807) is 18.2 Å². The molecule has 0 aromatic heterocycles. The lowest BCUT2D eigenvalue weighted by Gasteiger charge is -2.04. The van der Waals surface area contributed by atoms with Crippen LogP contribution in [0.5, 0.6) is 5.75 Å². The fourth-order valence-electron chi connectivity index (χ4n) is 1.05. The summed E-state index contributed by atoms with van der Waals surface area (Å²) < 4.78 is 5.31. The summed E-state index contributed by atoms with van der Waals surface area (Å²) in [7, 11) is 0. The van der Waals surface area contributed by atoms with E-state index in [4.69, 9.17) is 4.74 Å². The highest BCUT2D eigenvalue weighted by Gasteiger charge is 1.98. The summed E-state index contributed by atoms with van der Waals surface area (Å²) in [4.78, 5) is 13.6. The Hall–Kier alpha value is -1.86. The topological polar surface area (TPSA) is 38.7 Å². The van der Waals surface area contributed by atoms with Crippen molar-refractivity contribution < 1.29 is 9.53 Å². The van der Waals surface area contributed by atoms with Gasteiger partial charge in [-0.3, -0.25) is 0 Å². The molecular formula is C11H11NO2. The van der Waals surface area contributed by atoms with Crippen molar-refractivity contribution in [1.82, 2.24) is 0 Å². The number of aryl methyl sites for hydroxylation is 1. The Labute approximate surface area is 82.7 Å². The van der Waals surface area contributed by atoms with Gasteiger partial charge in [-0.25, -0.2) is 4.79 Å². The lowest BCUT2D eigenvalue weighted by atomic mass is 10.2. The number of rotatable bonds is 4. The molecular weight excluding hydrogens is 178 g/mol.